The summed E-state index contributed by atoms with van der Waals surface area (Å²) in [6, 6.07) is 10.2. The number of ketones is 1. The van der Waals surface area contributed by atoms with Crippen molar-refractivity contribution in [1.29, 1.82) is 0 Å². The van der Waals surface area contributed by atoms with Crippen LogP contribution in [0.1, 0.15) is 50.2 Å². The number of hydrogen-bond acceptors (Lipinski definition) is 2. The highest BCUT2D eigenvalue weighted by atomic mass is 28.4. The van der Waals surface area contributed by atoms with Crippen molar-refractivity contribution in [3.8, 4) is 0 Å². The lowest BCUT2D eigenvalue weighted by Gasteiger charge is -2.28. The molecule has 0 bridgehead atoms. The lowest BCUT2D eigenvalue weighted by atomic mass is 9.84. The van der Waals surface area contributed by atoms with E-state index in [4.69, 9.17) is 4.43 Å². The third-order valence-electron chi connectivity index (χ3n) is 4.11. The maximum absolute atomic E-state index is 12.6. The molecule has 3 heteroatoms. The lowest BCUT2D eigenvalue weighted by molar-refractivity contribution is -0.125. The van der Waals surface area contributed by atoms with E-state index in [2.05, 4.69) is 31.8 Å². The first-order chi connectivity index (χ1) is 9.96. The smallest absolute Gasteiger partial charge is 0.184 e. The molecule has 0 aromatic heterocycles. The Kier molecular flexibility index (Phi) is 5.77. The van der Waals surface area contributed by atoms with Gasteiger partial charge in [0.1, 0.15) is 5.78 Å². The van der Waals surface area contributed by atoms with E-state index < -0.39 is 8.32 Å². The Balaban J connectivity index is 2.06. The van der Waals surface area contributed by atoms with Gasteiger partial charge < -0.3 is 4.43 Å². The summed E-state index contributed by atoms with van der Waals surface area (Å²) in [5, 5.41) is 0. The van der Waals surface area contributed by atoms with Gasteiger partial charge in [-0.3, -0.25) is 4.79 Å². The molecule has 0 aliphatic heterocycles. The van der Waals surface area contributed by atoms with Gasteiger partial charge in [-0.25, -0.2) is 0 Å². The Morgan fingerprint density at radius 1 is 1.14 bits per heavy atom. The van der Waals surface area contributed by atoms with Crippen LogP contribution in [0.2, 0.25) is 19.6 Å². The molecule has 1 unspecified atom stereocenters. The van der Waals surface area contributed by atoms with Crippen LogP contribution in [0.5, 0.6) is 0 Å². The normalized spacial score (nSPS) is 18.4. The fourth-order valence-electron chi connectivity index (χ4n) is 3.10. The molecule has 0 spiro atoms. The number of rotatable bonds is 6. The number of benzene rings is 1. The van der Waals surface area contributed by atoms with Gasteiger partial charge in [0.15, 0.2) is 8.32 Å². The Bertz CT molecular complexity index is 444. The molecule has 1 aromatic carbocycles. The van der Waals surface area contributed by atoms with Gasteiger partial charge in [-0.05, 0) is 38.0 Å². The van der Waals surface area contributed by atoms with E-state index in [1.54, 1.807) is 0 Å². The van der Waals surface area contributed by atoms with Crippen LogP contribution in [0.4, 0.5) is 0 Å². The molecule has 0 saturated heterocycles. The minimum absolute atomic E-state index is 0.0627. The molecule has 1 aliphatic rings. The van der Waals surface area contributed by atoms with E-state index >= 15 is 0 Å². The van der Waals surface area contributed by atoms with Crippen molar-refractivity contribution in [3.63, 3.8) is 0 Å². The Morgan fingerprint density at radius 3 is 2.33 bits per heavy atom. The van der Waals surface area contributed by atoms with Crippen molar-refractivity contribution in [2.75, 3.05) is 0 Å². The van der Waals surface area contributed by atoms with Crippen LogP contribution in [0.3, 0.4) is 0 Å². The summed E-state index contributed by atoms with van der Waals surface area (Å²) in [4.78, 5) is 12.6. The highest BCUT2D eigenvalue weighted by Crippen LogP contribution is 2.31. The van der Waals surface area contributed by atoms with Crippen LogP contribution in [-0.4, -0.2) is 14.1 Å². The molecule has 0 amide bonds. The van der Waals surface area contributed by atoms with Gasteiger partial charge >= 0.3 is 0 Å². The molecule has 0 N–H and O–H groups in total. The second-order valence-corrected chi connectivity index (χ2v) is 11.6. The third-order valence-corrected chi connectivity index (χ3v) is 5.11. The van der Waals surface area contributed by atoms with Crippen LogP contribution in [0, 0.1) is 5.92 Å². The summed E-state index contributed by atoms with van der Waals surface area (Å²) in [6.07, 6.45) is 6.34. The van der Waals surface area contributed by atoms with Gasteiger partial charge in [0.25, 0.3) is 0 Å². The lowest BCUT2D eigenvalue weighted by Crippen LogP contribution is -2.30. The van der Waals surface area contributed by atoms with Crippen molar-refractivity contribution in [3.05, 3.63) is 35.9 Å². The molecule has 1 aromatic rings. The standard InChI is InChI=1S/C18H28O2Si/c1-21(2,3)20-18(16-12-8-5-9-13-16)14-17(19)15-10-6-4-7-11-15/h5,8-9,12-13,15,18H,4,6-7,10-11,14H2,1-3H3. The number of carbonyl (C=O) groups excluding carboxylic acids is 1. The number of Topliss-reactive ketones (excluding diaryl/α,β-unsaturated/α-hetero) is 1. The van der Waals surface area contributed by atoms with Crippen LogP contribution < -0.4 is 0 Å². The average molecular weight is 305 g/mol. The second-order valence-electron chi connectivity index (χ2n) is 7.13. The highest BCUT2D eigenvalue weighted by Gasteiger charge is 2.28. The van der Waals surface area contributed by atoms with Crippen molar-refractivity contribution in [2.45, 2.75) is 64.3 Å². The summed E-state index contributed by atoms with van der Waals surface area (Å²) >= 11 is 0. The predicted octanol–water partition coefficient (Wildman–Crippen LogP) is 5.12. The van der Waals surface area contributed by atoms with Gasteiger partial charge in [-0.15, -0.1) is 0 Å². The Morgan fingerprint density at radius 2 is 1.76 bits per heavy atom. The van der Waals surface area contributed by atoms with Crippen LogP contribution in [0.15, 0.2) is 30.3 Å². The van der Waals surface area contributed by atoms with Gasteiger partial charge in [0.2, 0.25) is 0 Å². The van der Waals surface area contributed by atoms with E-state index in [1.807, 2.05) is 18.2 Å². The fraction of sp³-hybridized carbons (Fsp3) is 0.611. The number of carbonyl (C=O) groups is 1. The summed E-state index contributed by atoms with van der Waals surface area (Å²) < 4.78 is 6.30. The minimum atomic E-state index is -1.67. The van der Waals surface area contributed by atoms with E-state index in [9.17, 15) is 4.79 Å². The Hall–Kier alpha value is -0.933. The topological polar surface area (TPSA) is 26.3 Å². The van der Waals surface area contributed by atoms with E-state index in [1.165, 1.54) is 19.3 Å². The third kappa shape index (κ3) is 5.40. The zero-order valence-corrected chi connectivity index (χ0v) is 14.6. The summed E-state index contributed by atoms with van der Waals surface area (Å²) in [6.45, 7) is 6.57. The molecule has 1 fully saturated rings. The molecule has 1 atom stereocenters. The molecule has 2 nitrogen and oxygen atoms in total. The quantitative estimate of drug-likeness (QED) is 0.682. The van der Waals surface area contributed by atoms with Crippen LogP contribution >= 0.6 is 0 Å². The zero-order valence-electron chi connectivity index (χ0n) is 13.6. The summed E-state index contributed by atoms with van der Waals surface area (Å²) in [5.41, 5.74) is 1.14. The van der Waals surface area contributed by atoms with Gasteiger partial charge in [0, 0.05) is 12.3 Å². The van der Waals surface area contributed by atoms with Gasteiger partial charge in [-0.2, -0.15) is 0 Å². The summed E-state index contributed by atoms with van der Waals surface area (Å²) in [7, 11) is -1.67. The van der Waals surface area contributed by atoms with E-state index in [-0.39, 0.29) is 12.0 Å². The molecule has 1 aliphatic carbocycles. The fourth-order valence-corrected chi connectivity index (χ4v) is 4.17. The van der Waals surface area contributed by atoms with Crippen molar-refractivity contribution < 1.29 is 9.22 Å². The van der Waals surface area contributed by atoms with Gasteiger partial charge in [-0.1, -0.05) is 49.6 Å². The van der Waals surface area contributed by atoms with E-state index in [0.29, 0.717) is 12.2 Å². The first-order valence-electron chi connectivity index (χ1n) is 8.21. The number of hydrogen-bond donors (Lipinski definition) is 0. The SMILES string of the molecule is C[Si](C)(C)OC(CC(=O)C1CCCCC1)c1ccccc1. The molecule has 0 radical (unpaired) electrons. The molecular weight excluding hydrogens is 276 g/mol. The van der Waals surface area contributed by atoms with Crippen molar-refractivity contribution in [1.82, 2.24) is 0 Å². The molecule has 116 valence electrons. The molecular formula is C18H28O2Si. The summed E-state index contributed by atoms with van der Waals surface area (Å²) in [5.74, 6) is 0.678. The molecule has 21 heavy (non-hydrogen) atoms. The average Bonchev–Trinajstić information content (AvgIpc) is 2.47. The Labute approximate surface area is 130 Å². The maximum Gasteiger partial charge on any atom is 0.184 e. The van der Waals surface area contributed by atoms with Crippen molar-refractivity contribution >= 4 is 14.1 Å². The molecule has 1 saturated carbocycles. The van der Waals surface area contributed by atoms with E-state index in [0.717, 1.165) is 18.4 Å². The monoisotopic (exact) mass is 304 g/mol. The predicted molar refractivity (Wildman–Crippen MR) is 89.8 cm³/mol. The highest BCUT2D eigenvalue weighted by molar-refractivity contribution is 6.69. The minimum Gasteiger partial charge on any atom is -0.410 e. The second kappa shape index (κ2) is 7.37. The van der Waals surface area contributed by atoms with Crippen LogP contribution in [-0.2, 0) is 9.22 Å². The maximum atomic E-state index is 12.6. The molecule has 2 rings (SSSR count). The first-order valence-corrected chi connectivity index (χ1v) is 11.6. The largest absolute Gasteiger partial charge is 0.410 e. The van der Waals surface area contributed by atoms with Crippen LogP contribution in [0.25, 0.3) is 0 Å². The van der Waals surface area contributed by atoms with Crippen molar-refractivity contribution in [2.24, 2.45) is 5.92 Å². The molecule has 0 heterocycles. The first kappa shape index (κ1) is 16.4. The van der Waals surface area contributed by atoms with Gasteiger partial charge in [0.05, 0.1) is 6.10 Å². The zero-order chi connectivity index (χ0) is 15.3.